The van der Waals surface area contributed by atoms with Crippen LogP contribution in [0.25, 0.3) is 0 Å². The lowest BCUT2D eigenvalue weighted by Gasteiger charge is -2.36. The molecule has 1 saturated heterocycles. The van der Waals surface area contributed by atoms with Crippen molar-refractivity contribution >= 4 is 46.6 Å². The summed E-state index contributed by atoms with van der Waals surface area (Å²) >= 11 is 1.50. The number of aryl methyl sites for hydroxylation is 1. The molecule has 3 aromatic rings. The minimum atomic E-state index is 0. The van der Waals surface area contributed by atoms with E-state index < -0.39 is 0 Å². The first-order chi connectivity index (χ1) is 15.3. The number of hydrogen-bond donors (Lipinski definition) is 1. The van der Waals surface area contributed by atoms with Crippen LogP contribution < -0.4 is 10.2 Å². The van der Waals surface area contributed by atoms with Crippen LogP contribution in [0.2, 0.25) is 0 Å². The molecule has 0 radical (unpaired) electrons. The summed E-state index contributed by atoms with van der Waals surface area (Å²) in [6.07, 6.45) is 4.76. The summed E-state index contributed by atoms with van der Waals surface area (Å²) in [6, 6.07) is 10.4. The molecule has 0 unspecified atom stereocenters. The maximum absolute atomic E-state index is 4.90. The van der Waals surface area contributed by atoms with Gasteiger partial charge in [0.05, 0.1) is 0 Å². The van der Waals surface area contributed by atoms with Crippen LogP contribution in [0.15, 0.2) is 47.7 Å². The van der Waals surface area contributed by atoms with Crippen molar-refractivity contribution in [2.45, 2.75) is 33.4 Å². The standard InChI is InChI=1S/C22H30N8S.HI/c1-3-19-26-22(31-27-19)29-14-12-28(13-15-29)21(23-4-2)25-16-20-24-10-11-30(20)17-18-8-6-5-7-9-18;/h5-11H,3-4,12-17H2,1-2H3,(H,23,25);1H. The number of aliphatic imine (C=N–C) groups is 1. The van der Waals surface area contributed by atoms with Crippen molar-refractivity contribution in [3.05, 3.63) is 59.9 Å². The predicted molar refractivity (Wildman–Crippen MR) is 141 cm³/mol. The van der Waals surface area contributed by atoms with Gasteiger partial charge in [-0.05, 0) is 12.5 Å². The number of benzene rings is 1. The van der Waals surface area contributed by atoms with Gasteiger partial charge in [-0.25, -0.2) is 15.0 Å². The summed E-state index contributed by atoms with van der Waals surface area (Å²) in [7, 11) is 0. The summed E-state index contributed by atoms with van der Waals surface area (Å²) in [5.41, 5.74) is 1.26. The smallest absolute Gasteiger partial charge is 0.205 e. The molecule has 10 heteroatoms. The second kappa shape index (κ2) is 12.1. The van der Waals surface area contributed by atoms with Gasteiger partial charge in [0.2, 0.25) is 5.13 Å². The summed E-state index contributed by atoms with van der Waals surface area (Å²) in [4.78, 5) is 18.7. The maximum Gasteiger partial charge on any atom is 0.205 e. The molecule has 8 nitrogen and oxygen atoms in total. The first-order valence-corrected chi connectivity index (χ1v) is 11.7. The highest BCUT2D eigenvalue weighted by Gasteiger charge is 2.22. The molecular weight excluding hydrogens is 535 g/mol. The lowest BCUT2D eigenvalue weighted by atomic mass is 10.2. The van der Waals surface area contributed by atoms with E-state index >= 15 is 0 Å². The van der Waals surface area contributed by atoms with Gasteiger partial charge in [0.15, 0.2) is 5.96 Å². The lowest BCUT2D eigenvalue weighted by molar-refractivity contribution is 0.372. The summed E-state index contributed by atoms with van der Waals surface area (Å²) in [5.74, 6) is 2.85. The molecule has 0 spiro atoms. The van der Waals surface area contributed by atoms with Crippen LogP contribution in [-0.2, 0) is 19.5 Å². The Kier molecular flexibility index (Phi) is 9.27. The predicted octanol–water partition coefficient (Wildman–Crippen LogP) is 3.25. The van der Waals surface area contributed by atoms with Gasteiger partial charge in [-0.15, -0.1) is 24.0 Å². The molecule has 0 saturated carbocycles. The van der Waals surface area contributed by atoms with Crippen LogP contribution in [0, 0.1) is 0 Å². The molecule has 0 amide bonds. The van der Waals surface area contributed by atoms with E-state index in [1.807, 2.05) is 18.5 Å². The van der Waals surface area contributed by atoms with E-state index in [9.17, 15) is 0 Å². The number of nitrogens with one attached hydrogen (secondary N) is 1. The zero-order valence-corrected chi connectivity index (χ0v) is 21.8. The number of halogens is 1. The van der Waals surface area contributed by atoms with Crippen LogP contribution >= 0.6 is 35.5 Å². The van der Waals surface area contributed by atoms with E-state index in [0.717, 1.165) is 68.4 Å². The van der Waals surface area contributed by atoms with Crippen LogP contribution in [-0.4, -0.2) is 62.5 Å². The molecule has 1 aromatic carbocycles. The first-order valence-electron chi connectivity index (χ1n) is 10.9. The zero-order chi connectivity index (χ0) is 21.5. The Labute approximate surface area is 211 Å². The largest absolute Gasteiger partial charge is 0.357 e. The summed E-state index contributed by atoms with van der Waals surface area (Å²) in [5, 5.41) is 4.48. The molecule has 2 aromatic heterocycles. The van der Waals surface area contributed by atoms with Crippen molar-refractivity contribution in [2.75, 3.05) is 37.6 Å². The average molecular weight is 567 g/mol. The van der Waals surface area contributed by atoms with E-state index in [-0.39, 0.29) is 24.0 Å². The SMILES string of the molecule is CCNC(=NCc1nccn1Cc1ccccc1)N1CCN(c2nc(CC)ns2)CC1.I. The van der Waals surface area contributed by atoms with Crippen LogP contribution in [0.4, 0.5) is 5.13 Å². The van der Waals surface area contributed by atoms with Gasteiger partial charge in [-0.3, -0.25) is 0 Å². The van der Waals surface area contributed by atoms with E-state index in [4.69, 9.17) is 4.99 Å². The van der Waals surface area contributed by atoms with E-state index in [1.165, 1.54) is 17.1 Å². The minimum Gasteiger partial charge on any atom is -0.357 e. The van der Waals surface area contributed by atoms with Crippen molar-refractivity contribution in [1.29, 1.82) is 0 Å². The third kappa shape index (κ3) is 6.18. The Morgan fingerprint density at radius 2 is 1.91 bits per heavy atom. The second-order valence-corrected chi connectivity index (χ2v) is 8.18. The molecule has 4 rings (SSSR count). The molecule has 0 aliphatic carbocycles. The van der Waals surface area contributed by atoms with Crippen molar-refractivity contribution < 1.29 is 0 Å². The molecule has 32 heavy (non-hydrogen) atoms. The minimum absolute atomic E-state index is 0. The van der Waals surface area contributed by atoms with Gasteiger partial charge < -0.3 is 19.7 Å². The molecule has 1 aliphatic rings. The molecule has 0 bridgehead atoms. The number of rotatable bonds is 7. The number of piperazine rings is 1. The van der Waals surface area contributed by atoms with Gasteiger partial charge in [-0.1, -0.05) is 37.3 Å². The third-order valence-corrected chi connectivity index (χ3v) is 6.14. The number of hydrogen-bond acceptors (Lipinski definition) is 6. The van der Waals surface area contributed by atoms with Gasteiger partial charge in [0, 0.05) is 69.6 Å². The monoisotopic (exact) mass is 566 g/mol. The Hall–Kier alpha value is -2.21. The lowest BCUT2D eigenvalue weighted by Crippen LogP contribution is -2.52. The Morgan fingerprint density at radius 3 is 2.59 bits per heavy atom. The molecular formula is C22H31IN8S. The van der Waals surface area contributed by atoms with Crippen LogP contribution in [0.5, 0.6) is 0 Å². The van der Waals surface area contributed by atoms with E-state index in [0.29, 0.717) is 6.54 Å². The summed E-state index contributed by atoms with van der Waals surface area (Å²) < 4.78 is 6.59. The Bertz CT molecular complexity index is 979. The van der Waals surface area contributed by atoms with Crippen molar-refractivity contribution in [1.82, 2.24) is 29.1 Å². The highest BCUT2D eigenvalue weighted by atomic mass is 127. The van der Waals surface area contributed by atoms with Crippen LogP contribution in [0.3, 0.4) is 0 Å². The number of anilines is 1. The third-order valence-electron chi connectivity index (χ3n) is 5.33. The average Bonchev–Trinajstić information content (AvgIpc) is 3.47. The second-order valence-electron chi connectivity index (χ2n) is 7.45. The van der Waals surface area contributed by atoms with E-state index in [2.05, 4.69) is 72.1 Å². The molecule has 0 atom stereocenters. The molecule has 1 N–H and O–H groups in total. The topological polar surface area (TPSA) is 74.5 Å². The zero-order valence-electron chi connectivity index (χ0n) is 18.6. The quantitative estimate of drug-likeness (QED) is 0.269. The van der Waals surface area contributed by atoms with Gasteiger partial charge >= 0.3 is 0 Å². The fourth-order valence-electron chi connectivity index (χ4n) is 3.61. The highest BCUT2D eigenvalue weighted by Crippen LogP contribution is 2.19. The van der Waals surface area contributed by atoms with Crippen molar-refractivity contribution in [3.63, 3.8) is 0 Å². The summed E-state index contributed by atoms with van der Waals surface area (Å²) in [6.45, 7) is 10.1. The van der Waals surface area contributed by atoms with Gasteiger partial charge in [-0.2, -0.15) is 4.37 Å². The molecule has 172 valence electrons. The number of imidazole rings is 1. The molecule has 1 fully saturated rings. The molecule has 3 heterocycles. The van der Waals surface area contributed by atoms with Crippen molar-refractivity contribution in [2.24, 2.45) is 4.99 Å². The Balaban J connectivity index is 0.00000289. The van der Waals surface area contributed by atoms with Gasteiger partial charge in [0.1, 0.15) is 18.2 Å². The van der Waals surface area contributed by atoms with Gasteiger partial charge in [0.25, 0.3) is 0 Å². The van der Waals surface area contributed by atoms with E-state index in [1.54, 1.807) is 0 Å². The maximum atomic E-state index is 4.90. The highest BCUT2D eigenvalue weighted by molar-refractivity contribution is 14.0. The fourth-order valence-corrected chi connectivity index (χ4v) is 4.41. The Morgan fingerprint density at radius 1 is 1.12 bits per heavy atom. The van der Waals surface area contributed by atoms with Crippen molar-refractivity contribution in [3.8, 4) is 0 Å². The first kappa shape index (κ1) is 24.4. The van der Waals surface area contributed by atoms with Crippen LogP contribution in [0.1, 0.15) is 31.1 Å². The number of aromatic nitrogens is 4. The normalized spacial score (nSPS) is 14.4. The fraction of sp³-hybridized carbons (Fsp3) is 0.455. The number of guanidine groups is 1. The number of nitrogens with zero attached hydrogens (tertiary/aromatic N) is 7. The molecule has 1 aliphatic heterocycles.